The van der Waals surface area contributed by atoms with Gasteiger partial charge in [-0.05, 0) is 43.4 Å². The number of hydrogen-bond donors (Lipinski definition) is 3. The fourth-order valence-electron chi connectivity index (χ4n) is 5.15. The molecule has 1 aliphatic carbocycles. The van der Waals surface area contributed by atoms with Crippen LogP contribution in [0.25, 0.3) is 0 Å². The Hall–Kier alpha value is -2.86. The molecule has 1 saturated carbocycles. The Balaban J connectivity index is 1.42. The second kappa shape index (κ2) is 11.3. The SMILES string of the molecule is N=C(N)c1cccc(N(C(=O)NC2CCN(Cc3ccccc3)CC2)C2CCCCCC2)c1. The Morgan fingerprint density at radius 2 is 1.67 bits per heavy atom. The largest absolute Gasteiger partial charge is 0.384 e. The first-order valence-corrected chi connectivity index (χ1v) is 12.4. The predicted octanol–water partition coefficient (Wildman–Crippen LogP) is 4.87. The molecule has 2 fully saturated rings. The molecule has 4 rings (SSSR count). The molecule has 0 atom stereocenters. The van der Waals surface area contributed by atoms with Crippen molar-refractivity contribution >= 4 is 17.6 Å². The number of urea groups is 1. The monoisotopic (exact) mass is 447 g/mol. The lowest BCUT2D eigenvalue weighted by atomic mass is 10.0. The van der Waals surface area contributed by atoms with E-state index in [1.807, 2.05) is 29.2 Å². The third kappa shape index (κ3) is 6.35. The van der Waals surface area contributed by atoms with Crippen LogP contribution in [0.2, 0.25) is 0 Å². The van der Waals surface area contributed by atoms with Crippen molar-refractivity contribution in [3.05, 3.63) is 65.7 Å². The van der Waals surface area contributed by atoms with E-state index in [-0.39, 0.29) is 24.0 Å². The summed E-state index contributed by atoms with van der Waals surface area (Å²) in [7, 11) is 0. The maximum absolute atomic E-state index is 13.6. The van der Waals surface area contributed by atoms with Gasteiger partial charge in [0.25, 0.3) is 0 Å². The number of nitrogens with one attached hydrogen (secondary N) is 2. The van der Waals surface area contributed by atoms with Crippen LogP contribution in [0.15, 0.2) is 54.6 Å². The molecule has 2 aromatic carbocycles. The van der Waals surface area contributed by atoms with Gasteiger partial charge in [0.1, 0.15) is 5.84 Å². The molecule has 1 aliphatic heterocycles. The molecular formula is C27H37N5O. The number of anilines is 1. The van der Waals surface area contributed by atoms with Crippen LogP contribution in [0.4, 0.5) is 10.5 Å². The van der Waals surface area contributed by atoms with Crippen molar-refractivity contribution in [3.8, 4) is 0 Å². The van der Waals surface area contributed by atoms with E-state index in [1.54, 1.807) is 0 Å². The van der Waals surface area contributed by atoms with Gasteiger partial charge in [-0.2, -0.15) is 0 Å². The second-order valence-corrected chi connectivity index (χ2v) is 9.46. The van der Waals surface area contributed by atoms with Crippen molar-refractivity contribution in [1.29, 1.82) is 5.41 Å². The number of amidine groups is 1. The lowest BCUT2D eigenvalue weighted by Gasteiger charge is -2.36. The number of nitrogen functional groups attached to an aromatic ring is 1. The number of amides is 2. The number of benzene rings is 2. The molecule has 1 saturated heterocycles. The highest BCUT2D eigenvalue weighted by Gasteiger charge is 2.29. The van der Waals surface area contributed by atoms with E-state index in [4.69, 9.17) is 11.1 Å². The molecule has 2 amide bonds. The number of carbonyl (C=O) groups excluding carboxylic acids is 1. The summed E-state index contributed by atoms with van der Waals surface area (Å²) < 4.78 is 0. The number of rotatable bonds is 6. The number of carbonyl (C=O) groups is 1. The molecular weight excluding hydrogens is 410 g/mol. The summed E-state index contributed by atoms with van der Waals surface area (Å²) >= 11 is 0. The Bertz CT molecular complexity index is 915. The molecule has 6 heteroatoms. The fraction of sp³-hybridized carbons (Fsp3) is 0.481. The van der Waals surface area contributed by atoms with Gasteiger partial charge in [-0.3, -0.25) is 15.2 Å². The molecule has 33 heavy (non-hydrogen) atoms. The predicted molar refractivity (Wildman–Crippen MR) is 135 cm³/mol. The highest BCUT2D eigenvalue weighted by atomic mass is 16.2. The Morgan fingerprint density at radius 3 is 2.33 bits per heavy atom. The summed E-state index contributed by atoms with van der Waals surface area (Å²) in [6.45, 7) is 2.94. The second-order valence-electron chi connectivity index (χ2n) is 9.46. The topological polar surface area (TPSA) is 85.5 Å². The molecule has 0 unspecified atom stereocenters. The van der Waals surface area contributed by atoms with E-state index in [0.29, 0.717) is 5.56 Å². The molecule has 4 N–H and O–H groups in total. The minimum atomic E-state index is -0.0101. The van der Waals surface area contributed by atoms with Crippen molar-refractivity contribution in [1.82, 2.24) is 10.2 Å². The van der Waals surface area contributed by atoms with Crippen LogP contribution in [0.5, 0.6) is 0 Å². The van der Waals surface area contributed by atoms with Crippen LogP contribution >= 0.6 is 0 Å². The molecule has 2 aliphatic rings. The summed E-state index contributed by atoms with van der Waals surface area (Å²) in [5.74, 6) is 0.0314. The minimum Gasteiger partial charge on any atom is -0.384 e. The highest BCUT2D eigenvalue weighted by molar-refractivity contribution is 5.98. The molecule has 2 aromatic rings. The average Bonchev–Trinajstić information content (AvgIpc) is 3.11. The fourth-order valence-corrected chi connectivity index (χ4v) is 5.15. The molecule has 0 bridgehead atoms. The van der Waals surface area contributed by atoms with Gasteiger partial charge in [0.2, 0.25) is 0 Å². The van der Waals surface area contributed by atoms with Crippen LogP contribution in [0.1, 0.15) is 62.5 Å². The highest BCUT2D eigenvalue weighted by Crippen LogP contribution is 2.28. The normalized spacial score (nSPS) is 18.4. The van der Waals surface area contributed by atoms with Crippen molar-refractivity contribution < 1.29 is 4.79 Å². The number of piperidine rings is 1. The quantitative estimate of drug-likeness (QED) is 0.335. The first-order valence-electron chi connectivity index (χ1n) is 12.4. The van der Waals surface area contributed by atoms with Crippen molar-refractivity contribution in [2.75, 3.05) is 18.0 Å². The maximum Gasteiger partial charge on any atom is 0.322 e. The van der Waals surface area contributed by atoms with E-state index >= 15 is 0 Å². The molecule has 0 radical (unpaired) electrons. The van der Waals surface area contributed by atoms with E-state index < -0.39 is 0 Å². The number of nitrogens with zero attached hydrogens (tertiary/aromatic N) is 2. The molecule has 0 spiro atoms. The van der Waals surface area contributed by atoms with Crippen LogP contribution in [-0.2, 0) is 6.54 Å². The van der Waals surface area contributed by atoms with Gasteiger partial charge in [0.15, 0.2) is 0 Å². The maximum atomic E-state index is 13.6. The number of nitrogens with two attached hydrogens (primary N) is 1. The van der Waals surface area contributed by atoms with Gasteiger partial charge >= 0.3 is 6.03 Å². The first-order chi connectivity index (χ1) is 16.1. The van der Waals surface area contributed by atoms with Crippen LogP contribution in [-0.4, -0.2) is 41.9 Å². The lowest BCUT2D eigenvalue weighted by Crippen LogP contribution is -2.52. The van der Waals surface area contributed by atoms with Crippen molar-refractivity contribution in [2.45, 2.75) is 70.0 Å². The van der Waals surface area contributed by atoms with Gasteiger partial charge in [0, 0.05) is 43.0 Å². The molecule has 176 valence electrons. The van der Waals surface area contributed by atoms with Crippen LogP contribution < -0.4 is 16.0 Å². The van der Waals surface area contributed by atoms with Gasteiger partial charge in [0.05, 0.1) is 0 Å². The Morgan fingerprint density at radius 1 is 0.970 bits per heavy atom. The van der Waals surface area contributed by atoms with Gasteiger partial charge in [-0.1, -0.05) is 68.1 Å². The Kier molecular flexibility index (Phi) is 8.00. The van der Waals surface area contributed by atoms with Crippen molar-refractivity contribution in [3.63, 3.8) is 0 Å². The smallest absolute Gasteiger partial charge is 0.322 e. The summed E-state index contributed by atoms with van der Waals surface area (Å²) in [5, 5.41) is 11.2. The zero-order valence-corrected chi connectivity index (χ0v) is 19.5. The standard InChI is InChI=1S/C27H37N5O/c28-26(29)22-11-8-14-25(19-22)32(24-12-6-1-2-7-13-24)27(33)30-23-15-17-31(18-16-23)20-21-9-4-3-5-10-21/h3-5,8-11,14,19,23-24H,1-2,6-7,12-13,15-18,20H2,(H3,28,29)(H,30,33). The van der Waals surface area contributed by atoms with Gasteiger partial charge in [-0.25, -0.2) is 4.79 Å². The number of hydrogen-bond acceptors (Lipinski definition) is 3. The van der Waals surface area contributed by atoms with E-state index in [9.17, 15) is 4.79 Å². The Labute approximate surface area is 197 Å². The third-order valence-corrected chi connectivity index (χ3v) is 7.01. The molecule has 0 aromatic heterocycles. The zero-order valence-electron chi connectivity index (χ0n) is 19.5. The van der Waals surface area contributed by atoms with Gasteiger partial charge in [-0.15, -0.1) is 0 Å². The summed E-state index contributed by atoms with van der Waals surface area (Å²) in [6, 6.07) is 18.5. The zero-order chi connectivity index (χ0) is 23.0. The first kappa shape index (κ1) is 23.3. The van der Waals surface area contributed by atoms with E-state index in [2.05, 4.69) is 40.5 Å². The van der Waals surface area contributed by atoms with Crippen LogP contribution in [0.3, 0.4) is 0 Å². The van der Waals surface area contributed by atoms with Gasteiger partial charge < -0.3 is 11.1 Å². The average molecular weight is 448 g/mol. The van der Waals surface area contributed by atoms with E-state index in [1.165, 1.54) is 18.4 Å². The van der Waals surface area contributed by atoms with Crippen molar-refractivity contribution in [2.24, 2.45) is 5.73 Å². The number of likely N-dealkylation sites (tertiary alicyclic amines) is 1. The third-order valence-electron chi connectivity index (χ3n) is 7.01. The van der Waals surface area contributed by atoms with E-state index in [0.717, 1.165) is 63.8 Å². The van der Waals surface area contributed by atoms with Crippen LogP contribution in [0, 0.1) is 5.41 Å². The summed E-state index contributed by atoms with van der Waals surface area (Å²) in [4.78, 5) is 18.0. The lowest BCUT2D eigenvalue weighted by molar-refractivity contribution is 0.187. The molecule has 1 heterocycles. The summed E-state index contributed by atoms with van der Waals surface area (Å²) in [5.41, 5.74) is 8.58. The minimum absolute atomic E-state index is 0.0101. The summed E-state index contributed by atoms with van der Waals surface area (Å²) in [6.07, 6.45) is 8.74. The molecule has 6 nitrogen and oxygen atoms in total.